The molecule has 0 aromatic carbocycles. The molecule has 0 fully saturated rings. The van der Waals surface area contributed by atoms with Crippen molar-refractivity contribution in [3.8, 4) is 0 Å². The van der Waals surface area contributed by atoms with Crippen molar-refractivity contribution in [2.24, 2.45) is 0 Å². The molecule has 1 aromatic rings. The minimum atomic E-state index is -1.09. The van der Waals surface area contributed by atoms with E-state index in [4.69, 9.17) is 9.52 Å². The van der Waals surface area contributed by atoms with Crippen LogP contribution in [0.25, 0.3) is 0 Å². The highest BCUT2D eigenvalue weighted by molar-refractivity contribution is 5.84. The van der Waals surface area contributed by atoms with Crippen LogP contribution in [0.2, 0.25) is 0 Å². The van der Waals surface area contributed by atoms with Crippen LogP contribution in [0.1, 0.15) is 24.4 Å². The first-order valence-corrected chi connectivity index (χ1v) is 4.13. The lowest BCUT2D eigenvalue weighted by Crippen LogP contribution is -2.21. The first-order chi connectivity index (χ1) is 6.19. The predicted molar refractivity (Wildman–Crippen MR) is 47.0 cm³/mol. The van der Waals surface area contributed by atoms with Crippen LogP contribution in [0.4, 0.5) is 6.01 Å². The van der Waals surface area contributed by atoms with E-state index < -0.39 is 5.97 Å². The van der Waals surface area contributed by atoms with Gasteiger partial charge in [-0.15, -0.1) is 0 Å². The number of carbonyl (C=O) groups is 1. The molecule has 13 heavy (non-hydrogen) atoms. The molecule has 0 amide bonds. The second kappa shape index (κ2) is 3.93. The van der Waals surface area contributed by atoms with Gasteiger partial charge in [-0.25, -0.2) is 9.78 Å². The number of hydrogen-bond donors (Lipinski definition) is 1. The fraction of sp³-hybridized carbons (Fsp3) is 0.500. The molecule has 0 atom stereocenters. The van der Waals surface area contributed by atoms with E-state index in [1.807, 2.05) is 18.7 Å². The zero-order valence-electron chi connectivity index (χ0n) is 7.65. The summed E-state index contributed by atoms with van der Waals surface area (Å²) < 4.78 is 5.00. The normalized spacial score (nSPS) is 10.0. The van der Waals surface area contributed by atoms with Gasteiger partial charge >= 0.3 is 5.97 Å². The van der Waals surface area contributed by atoms with Gasteiger partial charge in [-0.1, -0.05) is 0 Å². The highest BCUT2D eigenvalue weighted by Gasteiger charge is 2.13. The first-order valence-electron chi connectivity index (χ1n) is 4.13. The average Bonchev–Trinajstić information content (AvgIpc) is 2.56. The molecule has 0 saturated carbocycles. The van der Waals surface area contributed by atoms with Crippen LogP contribution in [0.15, 0.2) is 10.6 Å². The van der Waals surface area contributed by atoms with Crippen molar-refractivity contribution >= 4 is 12.0 Å². The third kappa shape index (κ3) is 1.99. The Morgan fingerprint density at radius 3 is 2.62 bits per heavy atom. The van der Waals surface area contributed by atoms with Gasteiger partial charge in [-0.3, -0.25) is 0 Å². The average molecular weight is 184 g/mol. The third-order valence-electron chi connectivity index (χ3n) is 1.74. The van der Waals surface area contributed by atoms with Crippen molar-refractivity contribution in [1.82, 2.24) is 4.98 Å². The molecule has 0 aliphatic heterocycles. The second-order valence-corrected chi connectivity index (χ2v) is 2.48. The predicted octanol–water partition coefficient (Wildman–Crippen LogP) is 1.22. The number of anilines is 1. The van der Waals surface area contributed by atoms with E-state index in [9.17, 15) is 4.79 Å². The molecule has 0 aliphatic rings. The highest BCUT2D eigenvalue weighted by atomic mass is 16.4. The Morgan fingerprint density at radius 2 is 2.23 bits per heavy atom. The number of oxazole rings is 1. The number of hydrogen-bond acceptors (Lipinski definition) is 4. The fourth-order valence-corrected chi connectivity index (χ4v) is 1.00. The number of carboxylic acid groups (broad SMARTS) is 1. The summed E-state index contributed by atoms with van der Waals surface area (Å²) >= 11 is 0. The molecule has 1 rings (SSSR count). The maximum Gasteiger partial charge on any atom is 0.373 e. The molecule has 0 unspecified atom stereocenters. The van der Waals surface area contributed by atoms with Gasteiger partial charge in [-0.05, 0) is 13.8 Å². The van der Waals surface area contributed by atoms with Gasteiger partial charge in [0.05, 0.1) is 6.20 Å². The van der Waals surface area contributed by atoms with E-state index in [0.29, 0.717) is 6.01 Å². The molecule has 1 aromatic heterocycles. The number of aromatic nitrogens is 1. The molecule has 0 radical (unpaired) electrons. The van der Waals surface area contributed by atoms with Crippen LogP contribution >= 0.6 is 0 Å². The molecule has 1 heterocycles. The van der Waals surface area contributed by atoms with Gasteiger partial charge in [0, 0.05) is 13.1 Å². The molecule has 0 saturated heterocycles. The van der Waals surface area contributed by atoms with Crippen LogP contribution < -0.4 is 4.90 Å². The molecule has 5 nitrogen and oxygen atoms in total. The zero-order chi connectivity index (χ0) is 9.84. The summed E-state index contributed by atoms with van der Waals surface area (Å²) in [6, 6.07) is 0.363. The monoisotopic (exact) mass is 184 g/mol. The molecule has 72 valence electrons. The largest absolute Gasteiger partial charge is 0.475 e. The van der Waals surface area contributed by atoms with Crippen LogP contribution in [-0.4, -0.2) is 29.1 Å². The summed E-state index contributed by atoms with van der Waals surface area (Å²) in [5, 5.41) is 8.57. The van der Waals surface area contributed by atoms with Crippen molar-refractivity contribution in [3.05, 3.63) is 12.0 Å². The summed E-state index contributed by atoms with van der Waals surface area (Å²) in [6.07, 6.45) is 1.22. The molecule has 0 bridgehead atoms. The van der Waals surface area contributed by atoms with Gasteiger partial charge in [0.25, 0.3) is 6.01 Å². The maximum atomic E-state index is 10.5. The van der Waals surface area contributed by atoms with Crippen molar-refractivity contribution < 1.29 is 14.3 Å². The first kappa shape index (κ1) is 9.57. The smallest absolute Gasteiger partial charge is 0.373 e. The summed E-state index contributed by atoms with van der Waals surface area (Å²) in [4.78, 5) is 16.2. The number of rotatable bonds is 4. The molecule has 5 heteroatoms. The van der Waals surface area contributed by atoms with E-state index in [-0.39, 0.29) is 5.76 Å². The summed E-state index contributed by atoms with van der Waals surface area (Å²) in [5.41, 5.74) is 0. The lowest BCUT2D eigenvalue weighted by molar-refractivity contribution is 0.0663. The van der Waals surface area contributed by atoms with E-state index >= 15 is 0 Å². The number of nitrogens with zero attached hydrogens (tertiary/aromatic N) is 2. The Morgan fingerprint density at radius 1 is 1.62 bits per heavy atom. The minimum absolute atomic E-state index is 0.123. The summed E-state index contributed by atoms with van der Waals surface area (Å²) in [5.74, 6) is -1.21. The van der Waals surface area contributed by atoms with E-state index in [0.717, 1.165) is 13.1 Å². The highest BCUT2D eigenvalue weighted by Crippen LogP contribution is 2.13. The van der Waals surface area contributed by atoms with Crippen LogP contribution in [0, 0.1) is 0 Å². The topological polar surface area (TPSA) is 66.6 Å². The van der Waals surface area contributed by atoms with Gasteiger partial charge in [0.2, 0.25) is 5.76 Å². The summed E-state index contributed by atoms with van der Waals surface area (Å²) in [7, 11) is 0. The second-order valence-electron chi connectivity index (χ2n) is 2.48. The third-order valence-corrected chi connectivity index (χ3v) is 1.74. The van der Waals surface area contributed by atoms with E-state index in [2.05, 4.69) is 4.98 Å². The SMILES string of the molecule is CCN(CC)c1ncc(C(=O)O)o1. The van der Waals surface area contributed by atoms with Crippen molar-refractivity contribution in [3.63, 3.8) is 0 Å². The molecular weight excluding hydrogens is 172 g/mol. The number of carboxylic acids is 1. The van der Waals surface area contributed by atoms with Gasteiger partial charge in [0.1, 0.15) is 0 Å². The minimum Gasteiger partial charge on any atom is -0.475 e. The molecule has 0 spiro atoms. The van der Waals surface area contributed by atoms with Gasteiger partial charge in [-0.2, -0.15) is 0 Å². The fourth-order valence-electron chi connectivity index (χ4n) is 1.00. The maximum absolute atomic E-state index is 10.5. The Balaban J connectivity index is 2.84. The van der Waals surface area contributed by atoms with Gasteiger partial charge in [0.15, 0.2) is 0 Å². The van der Waals surface area contributed by atoms with Crippen molar-refractivity contribution in [2.75, 3.05) is 18.0 Å². The Labute approximate surface area is 76.0 Å². The van der Waals surface area contributed by atoms with Crippen molar-refractivity contribution in [2.45, 2.75) is 13.8 Å². The Kier molecular flexibility index (Phi) is 2.89. The number of aromatic carboxylic acids is 1. The standard InChI is InChI=1S/C8H12N2O3/c1-3-10(4-2)8-9-5-6(13-8)7(11)12/h5H,3-4H2,1-2H3,(H,11,12). The summed E-state index contributed by atoms with van der Waals surface area (Å²) in [6.45, 7) is 5.40. The Hall–Kier alpha value is -1.52. The molecule has 1 N–H and O–H groups in total. The molecule has 0 aliphatic carbocycles. The zero-order valence-corrected chi connectivity index (χ0v) is 7.65. The quantitative estimate of drug-likeness (QED) is 0.762. The van der Waals surface area contributed by atoms with E-state index in [1.54, 1.807) is 0 Å². The lowest BCUT2D eigenvalue weighted by atomic mass is 10.5. The van der Waals surface area contributed by atoms with Crippen molar-refractivity contribution in [1.29, 1.82) is 0 Å². The lowest BCUT2D eigenvalue weighted by Gasteiger charge is -2.14. The molecular formula is C8H12N2O3. The van der Waals surface area contributed by atoms with Crippen LogP contribution in [0.3, 0.4) is 0 Å². The Bertz CT molecular complexity index is 291. The van der Waals surface area contributed by atoms with E-state index in [1.165, 1.54) is 6.20 Å². The van der Waals surface area contributed by atoms with Crippen LogP contribution in [0.5, 0.6) is 0 Å². The van der Waals surface area contributed by atoms with Crippen LogP contribution in [-0.2, 0) is 0 Å². The van der Waals surface area contributed by atoms with Gasteiger partial charge < -0.3 is 14.4 Å².